The van der Waals surface area contributed by atoms with Crippen molar-refractivity contribution in [2.75, 3.05) is 50.7 Å². The lowest BCUT2D eigenvalue weighted by atomic mass is 9.92. The third kappa shape index (κ3) is 3.66. The Kier molecular flexibility index (Phi) is 4.95. The van der Waals surface area contributed by atoms with Crippen molar-refractivity contribution < 1.29 is 14.2 Å². The number of fused-ring (bicyclic) bond motifs is 2. The lowest BCUT2D eigenvalue weighted by molar-refractivity contribution is -0.959. The molecule has 5 rings (SSSR count). The van der Waals surface area contributed by atoms with E-state index in [1.165, 1.54) is 45.3 Å². The third-order valence-corrected chi connectivity index (χ3v) is 7.84. The number of nitrogens with zero attached hydrogens (tertiary/aromatic N) is 1. The van der Waals surface area contributed by atoms with Gasteiger partial charge in [0.05, 0.1) is 57.5 Å². The Bertz CT molecular complexity index is 674. The Hall–Kier alpha value is -1.39. The summed E-state index contributed by atoms with van der Waals surface area (Å²) in [5.41, 5.74) is 0.788. The number of hydrogen-bond acceptors (Lipinski definition) is 1. The van der Waals surface area contributed by atoms with Crippen LogP contribution >= 0.6 is 0 Å². The number of anilines is 1. The summed E-state index contributed by atoms with van der Waals surface area (Å²) in [5, 5.41) is 0. The molecule has 0 unspecified atom stereocenters. The van der Waals surface area contributed by atoms with Gasteiger partial charge in [-0.2, -0.15) is 0 Å². The molecule has 3 nitrogen and oxygen atoms in total. The number of halogens is 1. The van der Waals surface area contributed by atoms with E-state index in [0.29, 0.717) is 0 Å². The number of piperidine rings is 1. The fourth-order valence-corrected chi connectivity index (χ4v) is 6.29. The summed E-state index contributed by atoms with van der Waals surface area (Å²) in [7, 11) is 0. The number of para-hydroxylation sites is 1. The maximum atomic E-state index is 14.0. The average molecular weight is 372 g/mol. The van der Waals surface area contributed by atoms with Crippen molar-refractivity contribution >= 4 is 5.69 Å². The molecule has 27 heavy (non-hydrogen) atoms. The first-order chi connectivity index (χ1) is 13.3. The van der Waals surface area contributed by atoms with Crippen LogP contribution in [0.2, 0.25) is 0 Å². The van der Waals surface area contributed by atoms with Crippen LogP contribution in [0.5, 0.6) is 0 Å². The van der Waals surface area contributed by atoms with Gasteiger partial charge < -0.3 is 14.7 Å². The zero-order chi connectivity index (χ0) is 18.2. The number of quaternary nitrogens is 2. The van der Waals surface area contributed by atoms with E-state index in [1.807, 2.05) is 17.0 Å². The van der Waals surface area contributed by atoms with Gasteiger partial charge in [-0.3, -0.25) is 0 Å². The summed E-state index contributed by atoms with van der Waals surface area (Å²) in [4.78, 5) is 5.87. The quantitative estimate of drug-likeness (QED) is 0.746. The molecule has 3 atom stereocenters. The first-order valence-corrected chi connectivity index (χ1v) is 11.1. The van der Waals surface area contributed by atoms with Crippen LogP contribution in [-0.4, -0.2) is 51.9 Å². The van der Waals surface area contributed by atoms with Gasteiger partial charge >= 0.3 is 0 Å². The lowest BCUT2D eigenvalue weighted by Gasteiger charge is -2.40. The Labute approximate surface area is 162 Å². The minimum Gasteiger partial charge on any atom is -0.358 e. The number of rotatable bonds is 4. The Morgan fingerprint density at radius 3 is 2.41 bits per heavy atom. The molecule has 3 fully saturated rings. The summed E-state index contributed by atoms with van der Waals surface area (Å²) < 4.78 is 14.0. The van der Waals surface area contributed by atoms with Gasteiger partial charge in [-0.1, -0.05) is 24.3 Å². The fourth-order valence-electron chi connectivity index (χ4n) is 6.29. The zero-order valence-electron chi connectivity index (χ0n) is 16.4. The largest absolute Gasteiger partial charge is 0.358 e. The number of benzene rings is 1. The van der Waals surface area contributed by atoms with Gasteiger partial charge in [0.25, 0.3) is 0 Å². The first-order valence-electron chi connectivity index (χ1n) is 11.1. The molecule has 0 radical (unpaired) electrons. The van der Waals surface area contributed by atoms with E-state index in [-0.39, 0.29) is 5.82 Å². The molecule has 2 aliphatic carbocycles. The van der Waals surface area contributed by atoms with E-state index in [9.17, 15) is 4.39 Å². The molecule has 1 aromatic carbocycles. The van der Waals surface area contributed by atoms with Gasteiger partial charge in [-0.15, -0.1) is 0 Å². The lowest BCUT2D eigenvalue weighted by Crippen LogP contribution is -3.22. The van der Waals surface area contributed by atoms with E-state index in [2.05, 4.69) is 17.1 Å². The van der Waals surface area contributed by atoms with E-state index in [4.69, 9.17) is 0 Å². The van der Waals surface area contributed by atoms with E-state index in [1.54, 1.807) is 17.0 Å². The van der Waals surface area contributed by atoms with Crippen LogP contribution in [0.3, 0.4) is 0 Å². The van der Waals surface area contributed by atoms with Crippen LogP contribution in [0.15, 0.2) is 36.4 Å². The molecule has 4 heteroatoms. The Morgan fingerprint density at radius 2 is 1.74 bits per heavy atom. The molecule has 2 heterocycles. The molecular weight excluding hydrogens is 337 g/mol. The van der Waals surface area contributed by atoms with Crippen molar-refractivity contribution in [3.8, 4) is 0 Å². The second-order valence-electron chi connectivity index (χ2n) is 9.37. The second-order valence-corrected chi connectivity index (χ2v) is 9.37. The van der Waals surface area contributed by atoms with Crippen LogP contribution in [0.4, 0.5) is 10.1 Å². The number of likely N-dealkylation sites (tertiary alicyclic amines) is 1. The number of piperazine rings is 1. The molecule has 0 spiro atoms. The molecule has 0 aromatic heterocycles. The number of allylic oxidation sites excluding steroid dienone is 2. The highest BCUT2D eigenvalue weighted by molar-refractivity contribution is 5.47. The molecule has 2 N–H and O–H groups in total. The van der Waals surface area contributed by atoms with Crippen molar-refractivity contribution in [3.63, 3.8) is 0 Å². The summed E-state index contributed by atoms with van der Waals surface area (Å²) in [6, 6.07) is 8.06. The minimum absolute atomic E-state index is 0.0756. The van der Waals surface area contributed by atoms with E-state index < -0.39 is 0 Å². The first kappa shape index (κ1) is 17.7. The predicted octanol–water partition coefficient (Wildman–Crippen LogP) is 0.790. The molecule has 146 valence electrons. The summed E-state index contributed by atoms with van der Waals surface area (Å²) in [5.74, 6) is 2.70. The van der Waals surface area contributed by atoms with Crippen molar-refractivity contribution in [2.24, 2.45) is 17.8 Å². The molecule has 2 saturated heterocycles. The normalized spacial score (nSPS) is 36.5. The highest BCUT2D eigenvalue weighted by Crippen LogP contribution is 2.42. The van der Waals surface area contributed by atoms with Crippen LogP contribution in [0.25, 0.3) is 0 Å². The maximum absolute atomic E-state index is 14.0. The monoisotopic (exact) mass is 371 g/mol. The van der Waals surface area contributed by atoms with Crippen molar-refractivity contribution in [3.05, 3.63) is 42.2 Å². The summed E-state index contributed by atoms with van der Waals surface area (Å²) >= 11 is 0. The van der Waals surface area contributed by atoms with Gasteiger partial charge in [0.15, 0.2) is 0 Å². The van der Waals surface area contributed by atoms with Gasteiger partial charge in [-0.05, 0) is 36.8 Å². The van der Waals surface area contributed by atoms with Crippen LogP contribution in [0, 0.1) is 23.6 Å². The highest BCUT2D eigenvalue weighted by Gasteiger charge is 2.39. The van der Waals surface area contributed by atoms with Gasteiger partial charge in [0, 0.05) is 18.8 Å². The highest BCUT2D eigenvalue weighted by atomic mass is 19.1. The fraction of sp³-hybridized carbons (Fsp3) is 0.652. The molecule has 2 aliphatic heterocycles. The molecule has 0 amide bonds. The van der Waals surface area contributed by atoms with Crippen LogP contribution < -0.4 is 14.7 Å². The van der Waals surface area contributed by atoms with Crippen LogP contribution in [-0.2, 0) is 0 Å². The van der Waals surface area contributed by atoms with Crippen LogP contribution in [0.1, 0.15) is 25.7 Å². The van der Waals surface area contributed by atoms with Gasteiger partial charge in [-0.25, -0.2) is 4.39 Å². The van der Waals surface area contributed by atoms with Gasteiger partial charge in [0.1, 0.15) is 5.82 Å². The average Bonchev–Trinajstić information content (AvgIpc) is 3.32. The van der Waals surface area contributed by atoms with Crippen molar-refractivity contribution in [1.82, 2.24) is 0 Å². The molecule has 1 aromatic rings. The maximum Gasteiger partial charge on any atom is 0.146 e. The van der Waals surface area contributed by atoms with Crippen molar-refractivity contribution in [2.45, 2.75) is 31.7 Å². The topological polar surface area (TPSA) is 12.1 Å². The number of nitrogens with one attached hydrogen (secondary N) is 2. The predicted molar refractivity (Wildman–Crippen MR) is 107 cm³/mol. The molecule has 1 saturated carbocycles. The smallest absolute Gasteiger partial charge is 0.146 e. The molecular formula is C23H34FN3+2. The van der Waals surface area contributed by atoms with Crippen molar-refractivity contribution in [1.29, 1.82) is 0 Å². The Morgan fingerprint density at radius 1 is 0.963 bits per heavy atom. The third-order valence-electron chi connectivity index (χ3n) is 7.84. The second kappa shape index (κ2) is 7.56. The number of hydrogen-bond donors (Lipinski definition) is 2. The van der Waals surface area contributed by atoms with Gasteiger partial charge in [0.2, 0.25) is 0 Å². The molecule has 4 aliphatic rings. The SMILES string of the molecule is Fc1ccccc1N1CC[NH+](C2CC[NH+](C[C@H]3C[C@H]4C=C[C@H]3C4)CC2)CC1. The Balaban J connectivity index is 1.08. The van der Waals surface area contributed by atoms with E-state index >= 15 is 0 Å². The summed E-state index contributed by atoms with van der Waals surface area (Å²) in [6.07, 6.45) is 10.6. The summed E-state index contributed by atoms with van der Waals surface area (Å²) in [6.45, 7) is 8.43. The zero-order valence-corrected chi connectivity index (χ0v) is 16.4. The van der Waals surface area contributed by atoms with E-state index in [0.717, 1.165) is 55.7 Å². The molecule has 2 bridgehead atoms. The standard InChI is InChI=1S/C23H32FN3/c24-22-3-1-2-4-23(22)27-13-11-26(12-14-27)21-7-9-25(10-8-21)17-20-16-18-5-6-19(20)15-18/h1-6,18-21H,7-17H2/p+2/t18-,19-,20+/m0/s1. The minimum atomic E-state index is -0.0756.